The quantitative estimate of drug-likeness (QED) is 0.648. The first-order valence-corrected chi connectivity index (χ1v) is 7.52. The molecule has 0 saturated carbocycles. The van der Waals surface area contributed by atoms with E-state index in [0.29, 0.717) is 0 Å². The van der Waals surface area contributed by atoms with E-state index in [9.17, 15) is 0 Å². The van der Waals surface area contributed by atoms with Crippen molar-refractivity contribution in [2.45, 2.75) is 19.4 Å². The average Bonchev–Trinajstić information content (AvgIpc) is 2.82. The van der Waals surface area contributed by atoms with Gasteiger partial charge in [-0.1, -0.05) is 6.07 Å². The Balaban J connectivity index is 2.16. The fourth-order valence-corrected chi connectivity index (χ4v) is 3.12. The van der Waals surface area contributed by atoms with Gasteiger partial charge in [-0.15, -0.1) is 11.3 Å². The van der Waals surface area contributed by atoms with Gasteiger partial charge in [0, 0.05) is 5.38 Å². The molecule has 6 heteroatoms. The van der Waals surface area contributed by atoms with Crippen molar-refractivity contribution in [3.63, 3.8) is 0 Å². The molecule has 0 aliphatic carbocycles. The van der Waals surface area contributed by atoms with E-state index in [1.54, 1.807) is 18.4 Å². The summed E-state index contributed by atoms with van der Waals surface area (Å²) in [6, 6.07) is 6.04. The number of halogens is 1. The summed E-state index contributed by atoms with van der Waals surface area (Å²) in [5.74, 6) is 6.46. The predicted octanol–water partition coefficient (Wildman–Crippen LogP) is 2.97. The van der Waals surface area contributed by atoms with E-state index in [4.69, 9.17) is 10.6 Å². The first-order chi connectivity index (χ1) is 9.13. The molecule has 1 atom stereocenters. The third kappa shape index (κ3) is 3.54. The summed E-state index contributed by atoms with van der Waals surface area (Å²) in [5, 5.41) is 3.09. The predicted molar refractivity (Wildman–Crippen MR) is 81.3 cm³/mol. The van der Waals surface area contributed by atoms with Crippen LogP contribution in [-0.2, 0) is 6.42 Å². The molecule has 2 rings (SSSR count). The second kappa shape index (κ2) is 6.47. The lowest BCUT2D eigenvalue weighted by Gasteiger charge is -2.14. The molecule has 1 unspecified atom stereocenters. The topological polar surface area (TPSA) is 60.2 Å². The Labute approximate surface area is 125 Å². The fraction of sp³-hybridized carbons (Fsp3) is 0.308. The summed E-state index contributed by atoms with van der Waals surface area (Å²) in [4.78, 5) is 4.47. The summed E-state index contributed by atoms with van der Waals surface area (Å²) in [7, 11) is 1.65. The summed E-state index contributed by atoms with van der Waals surface area (Å²) in [6.07, 6.45) is 0.780. The summed E-state index contributed by atoms with van der Waals surface area (Å²) in [5.41, 5.74) is 4.98. The molecular weight excluding hydrogens is 326 g/mol. The molecule has 19 heavy (non-hydrogen) atoms. The number of nitrogens with zero attached hydrogens (tertiary/aromatic N) is 1. The van der Waals surface area contributed by atoms with Crippen molar-refractivity contribution in [3.8, 4) is 5.75 Å². The number of nitrogens with two attached hydrogens (primary N) is 1. The van der Waals surface area contributed by atoms with Crippen LogP contribution in [0.3, 0.4) is 0 Å². The zero-order valence-electron chi connectivity index (χ0n) is 10.8. The second-order valence-electron chi connectivity index (χ2n) is 4.18. The number of benzene rings is 1. The van der Waals surface area contributed by atoms with Gasteiger partial charge < -0.3 is 4.74 Å². The van der Waals surface area contributed by atoms with Crippen LogP contribution in [0.1, 0.15) is 22.3 Å². The number of thiazole rings is 1. The monoisotopic (exact) mass is 341 g/mol. The minimum absolute atomic E-state index is 0.0187. The molecule has 0 spiro atoms. The van der Waals surface area contributed by atoms with Gasteiger partial charge in [-0.25, -0.2) is 4.98 Å². The lowest BCUT2D eigenvalue weighted by molar-refractivity contribution is 0.412. The molecule has 0 radical (unpaired) electrons. The smallest absolute Gasteiger partial charge is 0.133 e. The number of hydrogen-bond acceptors (Lipinski definition) is 5. The second-order valence-corrected chi connectivity index (χ2v) is 6.10. The van der Waals surface area contributed by atoms with Crippen molar-refractivity contribution in [2.24, 2.45) is 5.84 Å². The van der Waals surface area contributed by atoms with Crippen LogP contribution in [0.2, 0.25) is 0 Å². The molecule has 102 valence electrons. The van der Waals surface area contributed by atoms with Gasteiger partial charge in [-0.05, 0) is 47.0 Å². The van der Waals surface area contributed by atoms with E-state index in [0.717, 1.165) is 27.3 Å². The molecule has 1 heterocycles. The van der Waals surface area contributed by atoms with Crippen molar-refractivity contribution in [3.05, 3.63) is 44.3 Å². The Hall–Kier alpha value is -0.950. The maximum absolute atomic E-state index is 5.63. The SMILES string of the molecule is COc1ccc(CC(NN)c2csc(C)n2)cc1Br. The molecule has 4 nitrogen and oxygen atoms in total. The molecular formula is C13H16BrN3OS. The average molecular weight is 342 g/mol. The molecule has 0 aliphatic rings. The Bertz CT molecular complexity index is 559. The highest BCUT2D eigenvalue weighted by molar-refractivity contribution is 9.10. The standard InChI is InChI=1S/C13H16BrN3OS/c1-8-16-12(7-19-8)11(17-15)6-9-3-4-13(18-2)10(14)5-9/h3-5,7,11,17H,6,15H2,1-2H3. The number of methoxy groups -OCH3 is 1. The van der Waals surface area contributed by atoms with E-state index in [1.807, 2.05) is 30.5 Å². The molecule has 1 aromatic carbocycles. The van der Waals surface area contributed by atoms with Gasteiger partial charge in [-0.2, -0.15) is 0 Å². The Morgan fingerprint density at radius 2 is 2.32 bits per heavy atom. The molecule has 2 aromatic rings. The van der Waals surface area contributed by atoms with Crippen LogP contribution < -0.4 is 16.0 Å². The van der Waals surface area contributed by atoms with Crippen LogP contribution in [0.25, 0.3) is 0 Å². The number of aryl methyl sites for hydroxylation is 1. The number of aromatic nitrogens is 1. The molecule has 0 saturated heterocycles. The molecule has 1 aromatic heterocycles. The van der Waals surface area contributed by atoms with Crippen LogP contribution in [0.4, 0.5) is 0 Å². The van der Waals surface area contributed by atoms with Gasteiger partial charge in [0.15, 0.2) is 0 Å². The Kier molecular flexibility index (Phi) is 4.93. The van der Waals surface area contributed by atoms with Crippen LogP contribution in [0.15, 0.2) is 28.1 Å². The fourth-order valence-electron chi connectivity index (χ4n) is 1.86. The lowest BCUT2D eigenvalue weighted by Crippen LogP contribution is -2.29. The molecule has 3 N–H and O–H groups in total. The van der Waals surface area contributed by atoms with Crippen LogP contribution in [-0.4, -0.2) is 12.1 Å². The van der Waals surface area contributed by atoms with Gasteiger partial charge in [0.1, 0.15) is 5.75 Å². The minimum Gasteiger partial charge on any atom is -0.496 e. The maximum Gasteiger partial charge on any atom is 0.133 e. The molecule has 0 aliphatic heterocycles. The summed E-state index contributed by atoms with van der Waals surface area (Å²) in [6.45, 7) is 1.99. The number of hydrazine groups is 1. The Morgan fingerprint density at radius 1 is 1.53 bits per heavy atom. The van der Waals surface area contributed by atoms with E-state index >= 15 is 0 Å². The highest BCUT2D eigenvalue weighted by Gasteiger charge is 2.14. The van der Waals surface area contributed by atoms with Crippen molar-refractivity contribution in [1.82, 2.24) is 10.4 Å². The molecule has 0 bridgehead atoms. The van der Waals surface area contributed by atoms with Gasteiger partial charge in [0.05, 0.1) is 28.3 Å². The van der Waals surface area contributed by atoms with E-state index in [1.165, 1.54) is 5.56 Å². The minimum atomic E-state index is 0.0187. The zero-order valence-corrected chi connectivity index (χ0v) is 13.2. The van der Waals surface area contributed by atoms with Crippen molar-refractivity contribution >= 4 is 27.3 Å². The number of rotatable bonds is 5. The first-order valence-electron chi connectivity index (χ1n) is 5.84. The number of ether oxygens (including phenoxy) is 1. The third-order valence-electron chi connectivity index (χ3n) is 2.85. The largest absolute Gasteiger partial charge is 0.496 e. The third-order valence-corrected chi connectivity index (χ3v) is 4.26. The van der Waals surface area contributed by atoms with Crippen LogP contribution in [0.5, 0.6) is 5.75 Å². The first kappa shape index (κ1) is 14.5. The van der Waals surface area contributed by atoms with E-state index in [2.05, 4.69) is 26.3 Å². The van der Waals surface area contributed by atoms with Gasteiger partial charge in [0.2, 0.25) is 0 Å². The van der Waals surface area contributed by atoms with Gasteiger partial charge >= 0.3 is 0 Å². The number of nitrogens with one attached hydrogen (secondary N) is 1. The lowest BCUT2D eigenvalue weighted by atomic mass is 10.0. The van der Waals surface area contributed by atoms with Crippen molar-refractivity contribution < 1.29 is 4.74 Å². The molecule has 0 fully saturated rings. The normalized spacial score (nSPS) is 12.4. The van der Waals surface area contributed by atoms with Crippen LogP contribution in [0, 0.1) is 6.92 Å². The number of hydrogen-bond donors (Lipinski definition) is 2. The molecule has 0 amide bonds. The summed E-state index contributed by atoms with van der Waals surface area (Å²) < 4.78 is 6.16. The highest BCUT2D eigenvalue weighted by Crippen LogP contribution is 2.28. The van der Waals surface area contributed by atoms with Crippen molar-refractivity contribution in [1.29, 1.82) is 0 Å². The summed E-state index contributed by atoms with van der Waals surface area (Å²) >= 11 is 5.12. The van der Waals surface area contributed by atoms with E-state index < -0.39 is 0 Å². The zero-order chi connectivity index (χ0) is 13.8. The highest BCUT2D eigenvalue weighted by atomic mass is 79.9. The van der Waals surface area contributed by atoms with E-state index in [-0.39, 0.29) is 6.04 Å². The van der Waals surface area contributed by atoms with Crippen molar-refractivity contribution in [2.75, 3.05) is 7.11 Å². The van der Waals surface area contributed by atoms with Gasteiger partial charge in [-0.3, -0.25) is 11.3 Å². The maximum atomic E-state index is 5.63. The Morgan fingerprint density at radius 3 is 2.84 bits per heavy atom. The van der Waals surface area contributed by atoms with Crippen LogP contribution >= 0.6 is 27.3 Å². The van der Waals surface area contributed by atoms with Gasteiger partial charge in [0.25, 0.3) is 0 Å².